The van der Waals surface area contributed by atoms with Gasteiger partial charge in [0, 0.05) is 29.0 Å². The van der Waals surface area contributed by atoms with E-state index >= 15 is 0 Å². The highest BCUT2D eigenvalue weighted by Gasteiger charge is 2.18. The van der Waals surface area contributed by atoms with E-state index in [9.17, 15) is 8.78 Å². The minimum Gasteiger partial charge on any atom is -0.310 e. The molecule has 0 spiro atoms. The summed E-state index contributed by atoms with van der Waals surface area (Å²) in [5.74, 6) is -0.963. The molecule has 1 nitrogen and oxygen atoms in total. The monoisotopic (exact) mass is 295 g/mol. The van der Waals surface area contributed by atoms with E-state index in [1.54, 1.807) is 24.3 Å². The fourth-order valence-electron chi connectivity index (χ4n) is 2.19. The molecule has 0 saturated heterocycles. The van der Waals surface area contributed by atoms with Crippen molar-refractivity contribution in [1.82, 2.24) is 5.32 Å². The second-order valence-electron chi connectivity index (χ2n) is 4.91. The zero-order chi connectivity index (χ0) is 14.5. The Morgan fingerprint density at radius 1 is 1.25 bits per heavy atom. The van der Waals surface area contributed by atoms with E-state index in [1.165, 1.54) is 4.88 Å². The third kappa shape index (κ3) is 3.64. The Morgan fingerprint density at radius 2 is 2.05 bits per heavy atom. The summed E-state index contributed by atoms with van der Waals surface area (Å²) in [7, 11) is 0. The Labute approximate surface area is 122 Å². The molecule has 1 aromatic heterocycles. The van der Waals surface area contributed by atoms with Crippen LogP contribution in [0.1, 0.15) is 35.4 Å². The molecule has 0 bridgehead atoms. The first-order valence-electron chi connectivity index (χ1n) is 6.83. The standard InChI is InChI=1S/C16H19F2NS/c1-3-6-19-16(9-12-5-4-7-20-12)13-8-11(2)14(17)10-15(13)18/h4-5,7-8,10,16,19H,3,6,9H2,1-2H3. The van der Waals surface area contributed by atoms with Gasteiger partial charge in [0.15, 0.2) is 0 Å². The largest absolute Gasteiger partial charge is 0.310 e. The first kappa shape index (κ1) is 15.1. The van der Waals surface area contributed by atoms with Crippen LogP contribution in [-0.4, -0.2) is 6.54 Å². The molecule has 2 aromatic rings. The van der Waals surface area contributed by atoms with Crippen molar-refractivity contribution in [3.05, 3.63) is 57.3 Å². The molecule has 1 N–H and O–H groups in total. The lowest BCUT2D eigenvalue weighted by atomic mass is 9.99. The predicted octanol–water partition coefficient (Wildman–Crippen LogP) is 4.62. The van der Waals surface area contributed by atoms with Gasteiger partial charge in [-0.1, -0.05) is 13.0 Å². The van der Waals surface area contributed by atoms with Gasteiger partial charge in [0.25, 0.3) is 0 Å². The van der Waals surface area contributed by atoms with Crippen LogP contribution < -0.4 is 5.32 Å². The fourth-order valence-corrected chi connectivity index (χ4v) is 2.94. The van der Waals surface area contributed by atoms with Crippen LogP contribution in [0.2, 0.25) is 0 Å². The third-order valence-corrected chi connectivity index (χ3v) is 4.18. The van der Waals surface area contributed by atoms with Crippen molar-refractivity contribution >= 4 is 11.3 Å². The highest BCUT2D eigenvalue weighted by Crippen LogP contribution is 2.25. The van der Waals surface area contributed by atoms with Crippen molar-refractivity contribution in [3.8, 4) is 0 Å². The fraction of sp³-hybridized carbons (Fsp3) is 0.375. The van der Waals surface area contributed by atoms with Gasteiger partial charge in [-0.15, -0.1) is 11.3 Å². The lowest BCUT2D eigenvalue weighted by molar-refractivity contribution is 0.491. The molecule has 0 saturated carbocycles. The Morgan fingerprint density at radius 3 is 2.70 bits per heavy atom. The van der Waals surface area contributed by atoms with Gasteiger partial charge >= 0.3 is 0 Å². The maximum Gasteiger partial charge on any atom is 0.130 e. The van der Waals surface area contributed by atoms with Crippen molar-refractivity contribution in [1.29, 1.82) is 0 Å². The van der Waals surface area contributed by atoms with E-state index in [1.807, 2.05) is 17.5 Å². The molecular formula is C16H19F2NS. The summed E-state index contributed by atoms with van der Waals surface area (Å²) in [5.41, 5.74) is 1.03. The Kier molecular flexibility index (Phi) is 5.26. The van der Waals surface area contributed by atoms with Gasteiger partial charge in [0.05, 0.1) is 0 Å². The predicted molar refractivity (Wildman–Crippen MR) is 80.2 cm³/mol. The second-order valence-corrected chi connectivity index (χ2v) is 5.95. The normalized spacial score (nSPS) is 12.6. The molecule has 4 heteroatoms. The average Bonchev–Trinajstić information content (AvgIpc) is 2.92. The number of nitrogens with one attached hydrogen (secondary N) is 1. The summed E-state index contributed by atoms with van der Waals surface area (Å²) >= 11 is 1.66. The highest BCUT2D eigenvalue weighted by molar-refractivity contribution is 7.09. The van der Waals surface area contributed by atoms with Gasteiger partial charge in [-0.05, 0) is 43.0 Å². The quantitative estimate of drug-likeness (QED) is 0.820. The van der Waals surface area contributed by atoms with E-state index in [0.717, 1.165) is 25.5 Å². The van der Waals surface area contributed by atoms with Crippen molar-refractivity contribution in [3.63, 3.8) is 0 Å². The van der Waals surface area contributed by atoms with Crippen molar-refractivity contribution < 1.29 is 8.78 Å². The van der Waals surface area contributed by atoms with E-state index in [4.69, 9.17) is 0 Å². The van der Waals surface area contributed by atoms with E-state index in [2.05, 4.69) is 12.2 Å². The number of hydrogen-bond acceptors (Lipinski definition) is 2. The summed E-state index contributed by atoms with van der Waals surface area (Å²) in [6, 6.07) is 6.52. The van der Waals surface area contributed by atoms with E-state index in [0.29, 0.717) is 11.1 Å². The summed E-state index contributed by atoms with van der Waals surface area (Å²) in [5, 5.41) is 5.37. The summed E-state index contributed by atoms with van der Waals surface area (Å²) < 4.78 is 27.5. The Bertz CT molecular complexity index is 552. The average molecular weight is 295 g/mol. The number of benzene rings is 1. The van der Waals surface area contributed by atoms with E-state index < -0.39 is 11.6 Å². The number of aryl methyl sites for hydroxylation is 1. The third-order valence-electron chi connectivity index (χ3n) is 3.28. The lowest BCUT2D eigenvalue weighted by Gasteiger charge is -2.20. The molecule has 1 aromatic carbocycles. The molecule has 2 rings (SSSR count). The van der Waals surface area contributed by atoms with Gasteiger partial charge in [-0.3, -0.25) is 0 Å². The number of hydrogen-bond donors (Lipinski definition) is 1. The van der Waals surface area contributed by atoms with Crippen LogP contribution in [0.4, 0.5) is 8.78 Å². The lowest BCUT2D eigenvalue weighted by Crippen LogP contribution is -2.25. The number of thiophene rings is 1. The molecule has 0 aliphatic carbocycles. The van der Waals surface area contributed by atoms with Crippen LogP contribution in [0.15, 0.2) is 29.6 Å². The molecule has 0 aliphatic rings. The van der Waals surface area contributed by atoms with E-state index in [-0.39, 0.29) is 6.04 Å². The van der Waals surface area contributed by atoms with Crippen molar-refractivity contribution in [2.75, 3.05) is 6.54 Å². The molecule has 0 aliphatic heterocycles. The minimum atomic E-state index is -0.489. The van der Waals surface area contributed by atoms with Crippen molar-refractivity contribution in [2.24, 2.45) is 0 Å². The highest BCUT2D eigenvalue weighted by atomic mass is 32.1. The zero-order valence-corrected chi connectivity index (χ0v) is 12.6. The second kappa shape index (κ2) is 6.95. The van der Waals surface area contributed by atoms with Crippen LogP contribution in [0.3, 0.4) is 0 Å². The summed E-state index contributed by atoms with van der Waals surface area (Å²) in [4.78, 5) is 1.19. The number of halogens is 2. The van der Waals surface area contributed by atoms with Gasteiger partial charge < -0.3 is 5.32 Å². The van der Waals surface area contributed by atoms with Gasteiger partial charge in [-0.25, -0.2) is 8.78 Å². The van der Waals surface area contributed by atoms with Crippen molar-refractivity contribution in [2.45, 2.75) is 32.7 Å². The molecule has 108 valence electrons. The number of rotatable bonds is 6. The Hall–Kier alpha value is -1.26. The smallest absolute Gasteiger partial charge is 0.130 e. The van der Waals surface area contributed by atoms with Crippen LogP contribution in [0.25, 0.3) is 0 Å². The molecule has 1 heterocycles. The molecule has 1 atom stereocenters. The first-order chi connectivity index (χ1) is 9.61. The SMILES string of the molecule is CCCNC(Cc1cccs1)c1cc(C)c(F)cc1F. The molecular weight excluding hydrogens is 276 g/mol. The van der Waals surface area contributed by atoms with Gasteiger partial charge in [-0.2, -0.15) is 0 Å². The first-order valence-corrected chi connectivity index (χ1v) is 7.71. The van der Waals surface area contributed by atoms with Crippen LogP contribution >= 0.6 is 11.3 Å². The summed E-state index contributed by atoms with van der Waals surface area (Å²) in [6.45, 7) is 4.55. The minimum absolute atomic E-state index is 0.118. The van der Waals surface area contributed by atoms with Crippen LogP contribution in [0, 0.1) is 18.6 Å². The molecule has 1 unspecified atom stereocenters. The Balaban J connectivity index is 2.27. The molecule has 0 fully saturated rings. The zero-order valence-electron chi connectivity index (χ0n) is 11.7. The van der Waals surface area contributed by atoms with Gasteiger partial charge in [0.2, 0.25) is 0 Å². The van der Waals surface area contributed by atoms with Crippen LogP contribution in [-0.2, 0) is 6.42 Å². The topological polar surface area (TPSA) is 12.0 Å². The molecule has 0 radical (unpaired) electrons. The maximum absolute atomic E-state index is 14.1. The van der Waals surface area contributed by atoms with Crippen LogP contribution in [0.5, 0.6) is 0 Å². The van der Waals surface area contributed by atoms with Gasteiger partial charge in [0.1, 0.15) is 11.6 Å². The summed E-state index contributed by atoms with van der Waals surface area (Å²) in [6.07, 6.45) is 1.70. The maximum atomic E-state index is 14.1. The molecule has 20 heavy (non-hydrogen) atoms. The molecule has 0 amide bonds.